The summed E-state index contributed by atoms with van der Waals surface area (Å²) in [6, 6.07) is 10.7. The number of halogens is 1. The Kier molecular flexibility index (Phi) is 6.55. The van der Waals surface area contributed by atoms with Crippen molar-refractivity contribution in [3.05, 3.63) is 47.7 Å². The minimum atomic E-state index is 0.247. The van der Waals surface area contributed by atoms with Crippen LogP contribution in [-0.2, 0) is 0 Å². The number of hydrogen-bond acceptors (Lipinski definition) is 11. The molecule has 0 fully saturated rings. The number of nitrogens with one attached hydrogen (secondary N) is 4. The van der Waals surface area contributed by atoms with Crippen LogP contribution in [0.15, 0.2) is 42.7 Å². The molecule has 0 aliphatic rings. The third kappa shape index (κ3) is 5.30. The smallest absolute Gasteiger partial charge is 0.250 e. The zero-order chi connectivity index (χ0) is 23.2. The van der Waals surface area contributed by atoms with Crippen molar-refractivity contribution in [2.24, 2.45) is 0 Å². The van der Waals surface area contributed by atoms with E-state index in [1.165, 1.54) is 13.4 Å². The largest absolute Gasteiger partial charge is 0.493 e. The second-order valence-electron chi connectivity index (χ2n) is 6.44. The highest BCUT2D eigenvalue weighted by atomic mass is 35.5. The van der Waals surface area contributed by atoms with Gasteiger partial charge in [-0.3, -0.25) is 5.32 Å². The normalized spacial score (nSPS) is 10.4. The molecule has 0 atom stereocenters. The van der Waals surface area contributed by atoms with E-state index in [0.29, 0.717) is 33.9 Å². The molecule has 4 N–H and O–H groups in total. The molecule has 0 aliphatic carbocycles. The van der Waals surface area contributed by atoms with E-state index in [1.807, 2.05) is 12.1 Å². The maximum atomic E-state index is 5.90. The van der Waals surface area contributed by atoms with Gasteiger partial charge in [-0.2, -0.15) is 9.97 Å². The Morgan fingerprint density at radius 3 is 2.06 bits per heavy atom. The number of H-pyrrole nitrogens is 1. The highest BCUT2D eigenvalue weighted by Crippen LogP contribution is 2.40. The van der Waals surface area contributed by atoms with Gasteiger partial charge in [0.1, 0.15) is 6.33 Å². The number of anilines is 6. The molecule has 0 aliphatic heterocycles. The average molecular weight is 470 g/mol. The Morgan fingerprint density at radius 1 is 0.758 bits per heavy atom. The summed E-state index contributed by atoms with van der Waals surface area (Å²) >= 11 is 5.90. The number of ether oxygens (including phenoxy) is 3. The fourth-order valence-corrected chi connectivity index (χ4v) is 2.97. The van der Waals surface area contributed by atoms with E-state index < -0.39 is 0 Å². The minimum Gasteiger partial charge on any atom is -0.493 e. The zero-order valence-electron chi connectivity index (χ0n) is 17.9. The SMILES string of the molecule is COc1cc(Nc2ncnc(Nc3n[nH]c(Nc4ccc(Cl)cc4)n3)n2)cc(OC)c1OC. The van der Waals surface area contributed by atoms with Crippen molar-refractivity contribution in [2.75, 3.05) is 37.3 Å². The maximum Gasteiger partial charge on any atom is 0.250 e. The number of methoxy groups -OCH3 is 3. The number of nitrogens with zero attached hydrogens (tertiary/aromatic N) is 5. The van der Waals surface area contributed by atoms with Gasteiger partial charge < -0.3 is 24.8 Å². The van der Waals surface area contributed by atoms with E-state index in [-0.39, 0.29) is 17.8 Å². The fraction of sp³-hybridized carbons (Fsp3) is 0.150. The van der Waals surface area contributed by atoms with E-state index >= 15 is 0 Å². The Morgan fingerprint density at radius 2 is 1.42 bits per heavy atom. The topological polar surface area (TPSA) is 144 Å². The molecule has 2 heterocycles. The van der Waals surface area contributed by atoms with Crippen molar-refractivity contribution < 1.29 is 14.2 Å². The molecule has 2 aromatic heterocycles. The van der Waals surface area contributed by atoms with Gasteiger partial charge in [-0.15, -0.1) is 5.10 Å². The van der Waals surface area contributed by atoms with Crippen LogP contribution in [0.5, 0.6) is 17.2 Å². The lowest BCUT2D eigenvalue weighted by molar-refractivity contribution is 0.324. The fourth-order valence-electron chi connectivity index (χ4n) is 2.84. The van der Waals surface area contributed by atoms with Crippen LogP contribution in [0, 0.1) is 0 Å². The third-order valence-electron chi connectivity index (χ3n) is 4.31. The highest BCUT2D eigenvalue weighted by Gasteiger charge is 2.14. The van der Waals surface area contributed by atoms with Crippen LogP contribution in [0.25, 0.3) is 0 Å². The van der Waals surface area contributed by atoms with Gasteiger partial charge >= 0.3 is 0 Å². The predicted molar refractivity (Wildman–Crippen MR) is 124 cm³/mol. The van der Waals surface area contributed by atoms with Gasteiger partial charge in [0.15, 0.2) is 11.5 Å². The summed E-state index contributed by atoms with van der Waals surface area (Å²) in [7, 11) is 4.62. The Balaban J connectivity index is 1.47. The van der Waals surface area contributed by atoms with Crippen LogP contribution in [0.3, 0.4) is 0 Å². The van der Waals surface area contributed by atoms with Gasteiger partial charge in [-0.25, -0.2) is 15.1 Å². The second kappa shape index (κ2) is 9.87. The van der Waals surface area contributed by atoms with Crippen LogP contribution in [-0.4, -0.2) is 51.5 Å². The molecule has 4 rings (SSSR count). The third-order valence-corrected chi connectivity index (χ3v) is 4.56. The van der Waals surface area contributed by atoms with E-state index in [1.54, 1.807) is 38.5 Å². The van der Waals surface area contributed by atoms with E-state index in [0.717, 1.165) is 5.69 Å². The van der Waals surface area contributed by atoms with Gasteiger partial charge in [0.25, 0.3) is 5.95 Å². The number of rotatable bonds is 9. The molecule has 12 nitrogen and oxygen atoms in total. The molecular formula is C20H20ClN9O3. The Bertz CT molecular complexity index is 1210. The number of aromatic amines is 1. The van der Waals surface area contributed by atoms with Crippen LogP contribution in [0.4, 0.5) is 35.2 Å². The van der Waals surface area contributed by atoms with Gasteiger partial charge in [-0.1, -0.05) is 11.6 Å². The molecule has 2 aromatic carbocycles. The molecule has 0 saturated carbocycles. The minimum absolute atomic E-state index is 0.247. The monoisotopic (exact) mass is 469 g/mol. The lowest BCUT2D eigenvalue weighted by Gasteiger charge is -2.14. The standard InChI is InChI=1S/C20H20ClN9O3/c1-31-14-8-13(9-15(32-2)16(14)33-3)25-17-22-10-23-18(26-17)27-20-28-19(29-30-20)24-12-6-4-11(21)5-7-12/h4-10H,1-3H3,(H4,22,23,24,25,26,27,28,29,30). The number of aromatic nitrogens is 6. The van der Waals surface area contributed by atoms with Gasteiger partial charge in [0.05, 0.1) is 21.3 Å². The van der Waals surface area contributed by atoms with Crippen molar-refractivity contribution >= 4 is 46.8 Å². The van der Waals surface area contributed by atoms with Gasteiger partial charge in [-0.05, 0) is 24.3 Å². The zero-order valence-corrected chi connectivity index (χ0v) is 18.6. The summed E-state index contributed by atoms with van der Waals surface area (Å²) in [6.07, 6.45) is 1.36. The quantitative estimate of drug-likeness (QED) is 0.283. The second-order valence-corrected chi connectivity index (χ2v) is 6.87. The first-order valence-corrected chi connectivity index (χ1v) is 9.94. The van der Waals surface area contributed by atoms with E-state index in [9.17, 15) is 0 Å². The van der Waals surface area contributed by atoms with Crippen molar-refractivity contribution in [2.45, 2.75) is 0 Å². The molecule has 33 heavy (non-hydrogen) atoms. The molecule has 170 valence electrons. The summed E-state index contributed by atoms with van der Waals surface area (Å²) in [5.41, 5.74) is 1.44. The van der Waals surface area contributed by atoms with Crippen LogP contribution < -0.4 is 30.2 Å². The lowest BCUT2D eigenvalue weighted by atomic mass is 10.2. The molecule has 0 saturated heterocycles. The first-order chi connectivity index (χ1) is 16.1. The predicted octanol–water partition coefficient (Wildman–Crippen LogP) is 3.90. The van der Waals surface area contributed by atoms with Crippen molar-refractivity contribution in [3.8, 4) is 17.2 Å². The van der Waals surface area contributed by atoms with Crippen LogP contribution >= 0.6 is 11.6 Å². The molecule has 0 radical (unpaired) electrons. The molecule has 0 unspecified atom stereocenters. The van der Waals surface area contributed by atoms with Gasteiger partial charge in [0, 0.05) is 28.5 Å². The summed E-state index contributed by atoms with van der Waals surface area (Å²) < 4.78 is 16.1. The molecule has 0 amide bonds. The first kappa shape index (κ1) is 21.9. The van der Waals surface area contributed by atoms with Crippen molar-refractivity contribution in [1.82, 2.24) is 30.1 Å². The summed E-state index contributed by atoms with van der Waals surface area (Å²) in [4.78, 5) is 16.9. The molecule has 4 aromatic rings. The molecule has 0 spiro atoms. The van der Waals surface area contributed by atoms with Crippen molar-refractivity contribution in [1.29, 1.82) is 0 Å². The summed E-state index contributed by atoms with van der Waals surface area (Å²) in [6.45, 7) is 0. The number of hydrogen-bond donors (Lipinski definition) is 4. The summed E-state index contributed by atoms with van der Waals surface area (Å²) in [5.74, 6) is 2.72. The molecule has 0 bridgehead atoms. The Labute approximate surface area is 193 Å². The van der Waals surface area contributed by atoms with E-state index in [4.69, 9.17) is 25.8 Å². The molecular weight excluding hydrogens is 450 g/mol. The van der Waals surface area contributed by atoms with E-state index in [2.05, 4.69) is 46.1 Å². The lowest BCUT2D eigenvalue weighted by Crippen LogP contribution is -2.04. The summed E-state index contributed by atoms with van der Waals surface area (Å²) in [5, 5.41) is 16.6. The van der Waals surface area contributed by atoms with Gasteiger partial charge in [0.2, 0.25) is 23.6 Å². The Hall–Kier alpha value is -4.32. The average Bonchev–Trinajstić information content (AvgIpc) is 3.26. The number of benzene rings is 2. The van der Waals surface area contributed by atoms with Crippen LogP contribution in [0.2, 0.25) is 5.02 Å². The first-order valence-electron chi connectivity index (χ1n) is 9.56. The highest BCUT2D eigenvalue weighted by molar-refractivity contribution is 6.30. The van der Waals surface area contributed by atoms with Crippen LogP contribution in [0.1, 0.15) is 0 Å². The maximum absolute atomic E-state index is 5.90. The van der Waals surface area contributed by atoms with Crippen molar-refractivity contribution in [3.63, 3.8) is 0 Å². The molecule has 13 heteroatoms.